The molecule has 0 aliphatic rings. The van der Waals surface area contributed by atoms with Gasteiger partial charge in [0, 0.05) is 18.5 Å². The largest absolute Gasteiger partial charge is 0.306 e. The summed E-state index contributed by atoms with van der Waals surface area (Å²) in [5.41, 5.74) is 2.90. The Morgan fingerprint density at radius 1 is 1.08 bits per heavy atom. The van der Waals surface area contributed by atoms with E-state index in [4.69, 9.17) is 0 Å². The third kappa shape index (κ3) is 2.32. The molecule has 0 fully saturated rings. The van der Waals surface area contributed by atoms with Gasteiger partial charge in [-0.05, 0) is 24.6 Å². The summed E-state index contributed by atoms with van der Waals surface area (Å²) < 4.78 is 3.26. The summed E-state index contributed by atoms with van der Waals surface area (Å²) in [6.45, 7) is 2.00. The van der Waals surface area contributed by atoms with Gasteiger partial charge in [0.15, 0.2) is 5.65 Å². The van der Waals surface area contributed by atoms with Crippen molar-refractivity contribution < 1.29 is 4.79 Å². The number of nitrogens with one attached hydrogen (secondary N) is 1. The summed E-state index contributed by atoms with van der Waals surface area (Å²) in [5, 5.41) is 11.3. The van der Waals surface area contributed by atoms with Crippen LogP contribution in [-0.4, -0.2) is 30.3 Å². The van der Waals surface area contributed by atoms with Gasteiger partial charge in [0.05, 0.1) is 18.1 Å². The van der Waals surface area contributed by atoms with Crippen LogP contribution in [0.5, 0.6) is 0 Å². The SMILES string of the molecule is Cc1ccccc1-n1nccc1NC(=O)c1cnn2cccnc12. The highest BCUT2D eigenvalue weighted by Gasteiger charge is 2.16. The Labute approximate surface area is 137 Å². The number of rotatable bonds is 3. The molecule has 7 nitrogen and oxygen atoms in total. The van der Waals surface area contributed by atoms with Crippen LogP contribution in [0.2, 0.25) is 0 Å². The number of hydrogen-bond acceptors (Lipinski definition) is 4. The van der Waals surface area contributed by atoms with Crippen molar-refractivity contribution in [3.05, 3.63) is 72.3 Å². The molecule has 0 saturated heterocycles. The van der Waals surface area contributed by atoms with E-state index < -0.39 is 0 Å². The van der Waals surface area contributed by atoms with Crippen molar-refractivity contribution in [3.63, 3.8) is 0 Å². The molecule has 0 atom stereocenters. The number of amides is 1. The van der Waals surface area contributed by atoms with Gasteiger partial charge in [-0.15, -0.1) is 0 Å². The Kier molecular flexibility index (Phi) is 3.31. The topological polar surface area (TPSA) is 77.1 Å². The molecule has 0 spiro atoms. The number of aromatic nitrogens is 5. The number of nitrogens with zero attached hydrogens (tertiary/aromatic N) is 5. The molecule has 3 heterocycles. The summed E-state index contributed by atoms with van der Waals surface area (Å²) in [7, 11) is 0. The van der Waals surface area contributed by atoms with Crippen LogP contribution in [0.4, 0.5) is 5.82 Å². The fourth-order valence-corrected chi connectivity index (χ4v) is 2.56. The maximum absolute atomic E-state index is 12.6. The molecule has 4 rings (SSSR count). The molecule has 0 aliphatic carbocycles. The minimum atomic E-state index is -0.279. The fraction of sp³-hybridized carbons (Fsp3) is 0.0588. The number of anilines is 1. The first-order valence-electron chi connectivity index (χ1n) is 7.44. The Morgan fingerprint density at radius 2 is 1.96 bits per heavy atom. The fourth-order valence-electron chi connectivity index (χ4n) is 2.56. The summed E-state index contributed by atoms with van der Waals surface area (Å²) in [5.74, 6) is 0.309. The number of benzene rings is 1. The van der Waals surface area contributed by atoms with Crippen molar-refractivity contribution in [2.24, 2.45) is 0 Å². The van der Waals surface area contributed by atoms with E-state index in [9.17, 15) is 4.79 Å². The van der Waals surface area contributed by atoms with Gasteiger partial charge in [0.25, 0.3) is 5.91 Å². The Bertz CT molecular complexity index is 1030. The van der Waals surface area contributed by atoms with Crippen LogP contribution in [-0.2, 0) is 0 Å². The molecule has 1 aromatic carbocycles. The molecule has 0 radical (unpaired) electrons. The molecule has 0 unspecified atom stereocenters. The number of para-hydroxylation sites is 1. The molecule has 7 heteroatoms. The second-order valence-corrected chi connectivity index (χ2v) is 5.31. The maximum atomic E-state index is 12.6. The van der Waals surface area contributed by atoms with Crippen molar-refractivity contribution in [1.29, 1.82) is 0 Å². The zero-order valence-electron chi connectivity index (χ0n) is 12.9. The summed E-state index contributed by atoms with van der Waals surface area (Å²) in [6.07, 6.45) is 6.53. The highest BCUT2D eigenvalue weighted by Crippen LogP contribution is 2.19. The van der Waals surface area contributed by atoms with Crippen molar-refractivity contribution >= 4 is 17.4 Å². The number of carbonyl (C=O) groups is 1. The third-order valence-electron chi connectivity index (χ3n) is 3.75. The van der Waals surface area contributed by atoms with E-state index in [1.165, 1.54) is 6.20 Å². The summed E-state index contributed by atoms with van der Waals surface area (Å²) >= 11 is 0. The monoisotopic (exact) mass is 318 g/mol. The first-order valence-corrected chi connectivity index (χ1v) is 7.44. The number of hydrogen-bond donors (Lipinski definition) is 1. The molecular formula is C17H14N6O. The van der Waals surface area contributed by atoms with E-state index in [-0.39, 0.29) is 5.91 Å². The predicted octanol–water partition coefficient (Wildman–Crippen LogP) is 2.48. The Balaban J connectivity index is 1.69. The van der Waals surface area contributed by atoms with Crippen LogP contribution in [0, 0.1) is 6.92 Å². The highest BCUT2D eigenvalue weighted by atomic mass is 16.1. The van der Waals surface area contributed by atoms with Crippen LogP contribution < -0.4 is 5.32 Å². The highest BCUT2D eigenvalue weighted by molar-refractivity contribution is 6.07. The normalized spacial score (nSPS) is 10.9. The van der Waals surface area contributed by atoms with Gasteiger partial charge < -0.3 is 5.32 Å². The molecule has 4 aromatic rings. The molecule has 0 aliphatic heterocycles. The van der Waals surface area contributed by atoms with Gasteiger partial charge in [0.2, 0.25) is 0 Å². The van der Waals surface area contributed by atoms with Gasteiger partial charge in [-0.25, -0.2) is 14.2 Å². The minimum Gasteiger partial charge on any atom is -0.306 e. The lowest BCUT2D eigenvalue weighted by Gasteiger charge is -2.10. The zero-order chi connectivity index (χ0) is 16.5. The molecule has 3 aromatic heterocycles. The van der Waals surface area contributed by atoms with E-state index in [0.717, 1.165) is 11.3 Å². The second-order valence-electron chi connectivity index (χ2n) is 5.31. The zero-order valence-corrected chi connectivity index (χ0v) is 12.9. The average molecular weight is 318 g/mol. The van der Waals surface area contributed by atoms with Gasteiger partial charge >= 0.3 is 0 Å². The predicted molar refractivity (Wildman–Crippen MR) is 89.2 cm³/mol. The molecule has 118 valence electrons. The van der Waals surface area contributed by atoms with Crippen LogP contribution in [0.15, 0.2) is 61.2 Å². The molecule has 0 bridgehead atoms. The van der Waals surface area contributed by atoms with E-state index in [2.05, 4.69) is 20.5 Å². The first-order chi connectivity index (χ1) is 11.7. The molecule has 0 saturated carbocycles. The van der Waals surface area contributed by atoms with Gasteiger partial charge in [-0.3, -0.25) is 4.79 Å². The number of fused-ring (bicyclic) bond motifs is 1. The average Bonchev–Trinajstić information content (AvgIpc) is 3.22. The first kappa shape index (κ1) is 14.1. The Morgan fingerprint density at radius 3 is 2.83 bits per heavy atom. The van der Waals surface area contributed by atoms with E-state index in [1.807, 2.05) is 31.2 Å². The van der Waals surface area contributed by atoms with Crippen molar-refractivity contribution in [1.82, 2.24) is 24.4 Å². The number of carbonyl (C=O) groups excluding carboxylic acids is 1. The van der Waals surface area contributed by atoms with Crippen molar-refractivity contribution in [2.45, 2.75) is 6.92 Å². The number of aryl methyl sites for hydroxylation is 1. The van der Waals surface area contributed by atoms with Gasteiger partial charge in [0.1, 0.15) is 11.4 Å². The lowest BCUT2D eigenvalue weighted by Crippen LogP contribution is -2.15. The van der Waals surface area contributed by atoms with E-state index in [0.29, 0.717) is 17.0 Å². The lowest BCUT2D eigenvalue weighted by atomic mass is 10.2. The molecule has 24 heavy (non-hydrogen) atoms. The minimum absolute atomic E-state index is 0.279. The third-order valence-corrected chi connectivity index (χ3v) is 3.75. The van der Waals surface area contributed by atoms with Crippen LogP contribution in [0.25, 0.3) is 11.3 Å². The summed E-state index contributed by atoms with van der Waals surface area (Å²) in [6, 6.07) is 11.4. The van der Waals surface area contributed by atoms with Crippen LogP contribution in [0.3, 0.4) is 0 Å². The molecule has 1 N–H and O–H groups in total. The Hall–Kier alpha value is -3.48. The van der Waals surface area contributed by atoms with Crippen molar-refractivity contribution in [3.8, 4) is 5.69 Å². The van der Waals surface area contributed by atoms with Crippen LogP contribution >= 0.6 is 0 Å². The van der Waals surface area contributed by atoms with E-state index >= 15 is 0 Å². The quantitative estimate of drug-likeness (QED) is 0.629. The van der Waals surface area contributed by atoms with Crippen molar-refractivity contribution in [2.75, 3.05) is 5.32 Å². The standard InChI is InChI=1S/C17H14N6O/c1-12-5-2-3-6-14(12)23-15(7-9-19-23)21-17(24)13-11-20-22-10-4-8-18-16(13)22/h2-11H,1H3,(H,21,24). The molecular weight excluding hydrogens is 304 g/mol. The van der Waals surface area contributed by atoms with E-state index in [1.54, 1.807) is 39.9 Å². The van der Waals surface area contributed by atoms with Gasteiger partial charge in [-0.2, -0.15) is 10.2 Å². The summed E-state index contributed by atoms with van der Waals surface area (Å²) in [4.78, 5) is 16.8. The van der Waals surface area contributed by atoms with Gasteiger partial charge in [-0.1, -0.05) is 18.2 Å². The lowest BCUT2D eigenvalue weighted by molar-refractivity contribution is 0.102. The smallest absolute Gasteiger partial charge is 0.262 e. The maximum Gasteiger partial charge on any atom is 0.262 e. The molecule has 1 amide bonds. The van der Waals surface area contributed by atoms with Crippen LogP contribution in [0.1, 0.15) is 15.9 Å². The second kappa shape index (κ2) is 5.62.